The van der Waals surface area contributed by atoms with Gasteiger partial charge in [0, 0.05) is 91.1 Å². The van der Waals surface area contributed by atoms with E-state index in [1.54, 1.807) is 83.5 Å². The van der Waals surface area contributed by atoms with E-state index in [0.29, 0.717) is 122 Å². The van der Waals surface area contributed by atoms with E-state index in [0.717, 1.165) is 44.1 Å². The summed E-state index contributed by atoms with van der Waals surface area (Å²) < 4.78 is 59.6. The lowest BCUT2D eigenvalue weighted by atomic mass is 9.91. The van der Waals surface area contributed by atoms with E-state index in [1.165, 1.54) is 103 Å². The molecule has 9 N–H and O–H groups in total. The molecule has 4 saturated heterocycles. The van der Waals surface area contributed by atoms with Crippen molar-refractivity contribution in [2.24, 2.45) is 5.92 Å². The number of fused-ring (bicyclic) bond motifs is 4. The molecule has 5 fully saturated rings. The molecule has 15 heterocycles. The number of benzene rings is 3. The number of ether oxygens (including phenoxy) is 2. The van der Waals surface area contributed by atoms with Gasteiger partial charge in [0.15, 0.2) is 0 Å². The highest BCUT2D eigenvalue weighted by Crippen LogP contribution is 2.36. The zero-order chi connectivity index (χ0) is 99.5. The average Bonchev–Trinajstić information content (AvgIpc) is 1.60. The SMILES string of the molecule is CC(C)(C)OC(=O)N1CCC(O)(Cn2cnn3cc(N)cc3c2=O)CC1.CC(C)(C)OC(=O)N1CCC(O)(Cn2cnn3cc(NC(=O)c4csc(-c5ccccc5)n4)cc3c2=O)CC1.O=C(Nc1cc2c(=O)n(CC3(O)CCN(C(=O)C(F)(F)F)CC3)cnn2c1)c1csc(-c2ccccc2)n1.O=C(Nc1cc2c(=O)n(CC3(O)CCN(C(=O)C4CC4)CC3)cnn2c1)c1csc(-c2ccccc2)n1. The number of nitrogen functional groups attached to an aromatic ring is 1. The molecule has 14 aromatic rings. The zero-order valence-corrected chi connectivity index (χ0v) is 79.4. The Kier molecular flexibility index (Phi) is 28.3. The van der Waals surface area contributed by atoms with E-state index in [2.05, 4.69) is 51.3 Å². The van der Waals surface area contributed by atoms with Crippen LogP contribution < -0.4 is 43.9 Å². The highest BCUT2D eigenvalue weighted by Gasteiger charge is 2.47. The maximum Gasteiger partial charge on any atom is 0.471 e. The lowest BCUT2D eigenvalue weighted by Crippen LogP contribution is -2.52. The van der Waals surface area contributed by atoms with Gasteiger partial charge in [-0.25, -0.2) is 42.6 Å². The second kappa shape index (κ2) is 40.2. The number of aliphatic hydroxyl groups is 4. The largest absolute Gasteiger partial charge is 0.471 e. The van der Waals surface area contributed by atoms with Gasteiger partial charge < -0.3 is 71.2 Å². The third-order valence-corrected chi connectivity index (χ3v) is 26.8. The molecule has 1 saturated carbocycles. The van der Waals surface area contributed by atoms with Crippen molar-refractivity contribution in [2.75, 3.05) is 74.0 Å². The molecule has 0 unspecified atom stereocenters. The number of nitrogens with zero attached hydrogens (tertiary/aromatic N) is 19. The van der Waals surface area contributed by atoms with Crippen molar-refractivity contribution in [3.8, 4) is 31.7 Å². The minimum atomic E-state index is -4.98. The predicted octanol–water partition coefficient (Wildman–Crippen LogP) is 9.90. The number of anilines is 4. The van der Waals surface area contributed by atoms with Gasteiger partial charge in [-0.15, -0.1) is 34.0 Å². The topological polar surface area (TPSA) is 490 Å². The summed E-state index contributed by atoms with van der Waals surface area (Å²) >= 11 is 4.09. The first kappa shape index (κ1) is 98.6. The molecule has 5 aliphatic rings. The van der Waals surface area contributed by atoms with Crippen LogP contribution in [0.2, 0.25) is 0 Å². The van der Waals surface area contributed by atoms with Crippen molar-refractivity contribution in [3.05, 3.63) is 240 Å². The average molecular weight is 1980 g/mol. The second-order valence-corrected chi connectivity index (χ2v) is 39.9. The Morgan fingerprint density at radius 2 is 0.679 bits per heavy atom. The Labute approximate surface area is 807 Å². The standard InChI is InChI=1S/C27H30N6O5S.C26H26N6O4S.C24H21F3N6O4S.C17H25N5O4/c1-26(2,3)38-25(36)31-11-9-27(37,10-12-31)16-32-17-28-33-14-19(13-21(33)24(32)35)29-22(34)20-15-39-23(30-20)18-7-5-4-6-8-18;33-22(20-14-37-23(29-20)17-4-2-1-3-5-17)28-19-12-21-25(35)31(16-27-32(21)13-19)15-26(36)8-10-30(11-9-26)24(34)18-6-7-18;25-24(26,27)22(36)31-8-6-23(37,7-9-31)13-32-14-28-33-11-16(10-18(33)21(32)35)29-19(34)17-12-38-20(30-17)15-4-2-1-3-5-15;1-16(2,3)26-15(24)20-6-4-17(25,5-7-20)10-21-11-19-22-9-12(18)8-13(22)14(21)23/h4-8,13-15,17,37H,9-12,16H2,1-3H3,(H,29,34);1-5,12-14,16,18,36H,6-11,15H2,(H,28,33);1-5,10-12,14,37H,6-9,13H2,(H,29,34);8-9,11,25H,4-7,10,18H2,1-3H3. The molecule has 734 valence electrons. The van der Waals surface area contributed by atoms with Crippen LogP contribution in [0.25, 0.3) is 53.8 Å². The Bertz CT molecular complexity index is 7200. The van der Waals surface area contributed by atoms with Gasteiger partial charge in [-0.2, -0.15) is 33.6 Å². The van der Waals surface area contributed by atoms with Crippen molar-refractivity contribution in [1.29, 1.82) is 0 Å². The molecule has 0 radical (unpaired) electrons. The molecule has 1 aliphatic carbocycles. The van der Waals surface area contributed by atoms with Crippen molar-refractivity contribution >= 4 is 121 Å². The van der Waals surface area contributed by atoms with Gasteiger partial charge >= 0.3 is 24.3 Å². The maximum absolute atomic E-state index is 13.2. The number of rotatable bonds is 18. The van der Waals surface area contributed by atoms with Crippen LogP contribution in [0.5, 0.6) is 0 Å². The Hall–Kier alpha value is -14.5. The number of nitrogens with one attached hydrogen (secondary N) is 3. The fourth-order valence-electron chi connectivity index (χ4n) is 16.4. The number of nitrogens with two attached hydrogens (primary N) is 1. The number of aromatic nitrogens is 15. The normalized spacial score (nSPS) is 16.3. The predicted molar refractivity (Wildman–Crippen MR) is 513 cm³/mol. The summed E-state index contributed by atoms with van der Waals surface area (Å²) in [4.78, 5) is 157. The summed E-state index contributed by atoms with van der Waals surface area (Å²) in [7, 11) is 0. The van der Waals surface area contributed by atoms with Crippen molar-refractivity contribution in [2.45, 2.75) is 172 Å². The molecule has 46 heteroatoms. The van der Waals surface area contributed by atoms with Gasteiger partial charge in [-0.3, -0.25) is 61.4 Å². The van der Waals surface area contributed by atoms with Gasteiger partial charge in [0.25, 0.3) is 40.0 Å². The number of halogens is 3. The van der Waals surface area contributed by atoms with Crippen LogP contribution in [0.3, 0.4) is 0 Å². The molecule has 0 atom stereocenters. The summed E-state index contributed by atoms with van der Waals surface area (Å²) in [5, 5.41) is 76.3. The molecule has 0 spiro atoms. The lowest BCUT2D eigenvalue weighted by molar-refractivity contribution is -0.189. The van der Waals surface area contributed by atoms with Gasteiger partial charge in [0.2, 0.25) is 5.91 Å². The van der Waals surface area contributed by atoms with Gasteiger partial charge in [0.1, 0.15) is 90.7 Å². The second-order valence-electron chi connectivity index (χ2n) is 37.3. The Balaban J connectivity index is 0.000000136. The summed E-state index contributed by atoms with van der Waals surface area (Å²) in [6.45, 7) is 12.7. The van der Waals surface area contributed by atoms with Crippen LogP contribution in [0, 0.1) is 5.92 Å². The minimum Gasteiger partial charge on any atom is -0.444 e. The third kappa shape index (κ3) is 23.7. The first-order valence-electron chi connectivity index (χ1n) is 45.0. The Morgan fingerprint density at radius 3 is 0.957 bits per heavy atom. The number of alkyl halides is 3. The van der Waals surface area contributed by atoms with Gasteiger partial charge in [-0.05, 0) is 130 Å². The van der Waals surface area contributed by atoms with E-state index in [9.17, 15) is 86.3 Å². The monoisotopic (exact) mass is 1980 g/mol. The fourth-order valence-corrected chi connectivity index (χ4v) is 18.9. The molecule has 140 heavy (non-hydrogen) atoms. The van der Waals surface area contributed by atoms with Gasteiger partial charge in [-0.1, -0.05) is 91.0 Å². The maximum atomic E-state index is 13.2. The number of hydrogen-bond acceptors (Lipinski definition) is 28. The highest BCUT2D eigenvalue weighted by molar-refractivity contribution is 7.14. The van der Waals surface area contributed by atoms with E-state index >= 15 is 0 Å². The molecule has 0 bridgehead atoms. The van der Waals surface area contributed by atoms with Crippen LogP contribution in [0.1, 0.15) is 137 Å². The van der Waals surface area contributed by atoms with Crippen molar-refractivity contribution in [1.82, 2.24) is 91.3 Å². The highest BCUT2D eigenvalue weighted by atomic mass is 32.1. The van der Waals surface area contributed by atoms with Gasteiger partial charge in [0.05, 0.1) is 96.1 Å². The first-order valence-corrected chi connectivity index (χ1v) is 47.6. The number of piperidine rings is 4. The number of likely N-dealkylation sites (tertiary alicyclic amines) is 4. The summed E-state index contributed by atoms with van der Waals surface area (Å²) in [6, 6.07) is 34.7. The summed E-state index contributed by atoms with van der Waals surface area (Å²) in [5.41, 5.74) is 4.41. The van der Waals surface area contributed by atoms with Crippen LogP contribution >= 0.6 is 34.0 Å². The van der Waals surface area contributed by atoms with Crippen molar-refractivity contribution in [3.63, 3.8) is 0 Å². The van der Waals surface area contributed by atoms with Crippen LogP contribution in [-0.2, 0) is 45.2 Å². The molecular formula is C94H102F3N23O17S3. The molecular weight excluding hydrogens is 1880 g/mol. The van der Waals surface area contributed by atoms with Crippen LogP contribution in [0.4, 0.5) is 45.5 Å². The molecule has 40 nitrogen and oxygen atoms in total. The number of carbonyl (C=O) groups excluding carboxylic acids is 7. The summed E-state index contributed by atoms with van der Waals surface area (Å²) in [5.74, 6) is -2.84. The van der Waals surface area contributed by atoms with E-state index in [1.807, 2.05) is 117 Å². The minimum absolute atomic E-state index is 0.0332. The number of carbonyl (C=O) groups is 7. The quantitative estimate of drug-likeness (QED) is 0.0396. The zero-order valence-electron chi connectivity index (χ0n) is 77.0. The number of hydrogen-bond donors (Lipinski definition) is 8. The van der Waals surface area contributed by atoms with Crippen LogP contribution in [-0.4, -0.2) is 246 Å². The fraction of sp³-hybridized carbons (Fsp3) is 0.383. The van der Waals surface area contributed by atoms with Crippen LogP contribution in [0.15, 0.2) is 201 Å². The summed E-state index contributed by atoms with van der Waals surface area (Å²) in [6.07, 6.45) is 9.50. The first-order chi connectivity index (χ1) is 66.5. The van der Waals surface area contributed by atoms with E-state index in [-0.39, 0.29) is 121 Å². The molecule has 4 aliphatic heterocycles. The smallest absolute Gasteiger partial charge is 0.444 e. The Morgan fingerprint density at radius 1 is 0.407 bits per heavy atom. The third-order valence-electron chi connectivity index (χ3n) is 24.2. The molecule has 3 aromatic carbocycles. The van der Waals surface area contributed by atoms with E-state index in [4.69, 9.17) is 15.2 Å². The van der Waals surface area contributed by atoms with Crippen molar-refractivity contribution < 1.29 is 76.6 Å². The van der Waals surface area contributed by atoms with E-state index < -0.39 is 69.2 Å². The number of amides is 7. The molecule has 7 amide bonds. The number of thiazole rings is 3. The lowest BCUT2D eigenvalue weighted by Gasteiger charge is -2.38. The molecule has 19 rings (SSSR count). The molecule has 11 aromatic heterocycles.